The second-order valence-corrected chi connectivity index (χ2v) is 28.2. The van der Waals surface area contributed by atoms with E-state index in [-0.39, 0.29) is 0 Å². The van der Waals surface area contributed by atoms with Gasteiger partial charge >= 0.3 is 0 Å². The van der Waals surface area contributed by atoms with Gasteiger partial charge < -0.3 is 9.80 Å². The van der Waals surface area contributed by atoms with Gasteiger partial charge in [-0.15, -0.1) is 0 Å². The molecule has 2 nitrogen and oxygen atoms in total. The van der Waals surface area contributed by atoms with Crippen LogP contribution in [0.15, 0.2) is 449 Å². The third-order valence-corrected chi connectivity index (χ3v) is 22.3. The van der Waals surface area contributed by atoms with Gasteiger partial charge in [0.25, 0.3) is 0 Å². The zero-order valence-electron chi connectivity index (χ0n) is 59.6. The maximum Gasteiger partial charge on any atom is 0.0713 e. The third kappa shape index (κ3) is 11.4. The summed E-state index contributed by atoms with van der Waals surface area (Å²) in [6, 6.07) is 164. The Kier molecular flexibility index (Phi) is 16.8. The Morgan fingerprint density at radius 3 is 0.806 bits per heavy atom. The van der Waals surface area contributed by atoms with E-state index >= 15 is 0 Å². The summed E-state index contributed by atoms with van der Waals surface area (Å²) >= 11 is 0. The molecule has 0 heterocycles. The van der Waals surface area contributed by atoms with Crippen molar-refractivity contribution < 1.29 is 0 Å². The molecule has 0 saturated heterocycles. The van der Waals surface area contributed by atoms with Gasteiger partial charge in [0.05, 0.1) is 10.8 Å². The molecule has 108 heavy (non-hydrogen) atoms. The van der Waals surface area contributed by atoms with Gasteiger partial charge in [0.1, 0.15) is 0 Å². The molecule has 2 heteroatoms. The first kappa shape index (κ1) is 64.9. The van der Waals surface area contributed by atoms with Crippen molar-refractivity contribution in [1.82, 2.24) is 0 Å². The van der Waals surface area contributed by atoms with Gasteiger partial charge in [-0.3, -0.25) is 0 Å². The van der Waals surface area contributed by atoms with Crippen LogP contribution in [-0.2, 0) is 10.8 Å². The molecular weight excluding hydrogens is 1300 g/mol. The number of fused-ring (bicyclic) bond motifs is 8. The van der Waals surface area contributed by atoms with Crippen molar-refractivity contribution in [3.05, 3.63) is 493 Å². The molecule has 2 aliphatic carbocycles. The molecule has 508 valence electrons. The SMILES string of the molecule is c1ccc(N(c2ccc(-c3ccc(C4(c5ccccc5)c5ccccc5-c5ccccc54)cc3)cc2)c2ccc(-c3ccc4ccccc4c3)cc2)cc1.c1ccc(N(c2ccc(-c3ccc(C4(c5ccccc5)c5ccccc5-c5ccccc54)cc3)cc2)c2ccc(-c3cccc4ccccc34)cc2)cc1. The van der Waals surface area contributed by atoms with Gasteiger partial charge in [-0.1, -0.05) is 370 Å². The van der Waals surface area contributed by atoms with E-state index in [1.165, 1.54) is 133 Å². The van der Waals surface area contributed by atoms with E-state index in [4.69, 9.17) is 0 Å². The highest BCUT2D eigenvalue weighted by Crippen LogP contribution is 2.58. The van der Waals surface area contributed by atoms with Crippen molar-refractivity contribution in [3.8, 4) is 66.8 Å². The first-order chi connectivity index (χ1) is 53.6. The van der Waals surface area contributed by atoms with E-state index in [0.29, 0.717) is 0 Å². The molecule has 0 amide bonds. The van der Waals surface area contributed by atoms with Crippen LogP contribution in [0.4, 0.5) is 34.1 Å². The molecule has 0 saturated carbocycles. The molecule has 18 aromatic rings. The highest BCUT2D eigenvalue weighted by Gasteiger charge is 2.47. The topological polar surface area (TPSA) is 6.48 Å². The quantitative estimate of drug-likeness (QED) is 0.107. The highest BCUT2D eigenvalue weighted by atomic mass is 15.1. The zero-order chi connectivity index (χ0) is 71.8. The minimum Gasteiger partial charge on any atom is -0.311 e. The lowest BCUT2D eigenvalue weighted by Crippen LogP contribution is -2.28. The molecule has 0 bridgehead atoms. The lowest BCUT2D eigenvalue weighted by molar-refractivity contribution is 0.768. The fourth-order valence-electron chi connectivity index (χ4n) is 17.3. The Balaban J connectivity index is 0.000000147. The monoisotopic (exact) mass is 1370 g/mol. The summed E-state index contributed by atoms with van der Waals surface area (Å²) < 4.78 is 0. The molecule has 0 spiro atoms. The number of nitrogens with zero attached hydrogens (tertiary/aromatic N) is 2. The van der Waals surface area contributed by atoms with E-state index in [2.05, 4.69) is 459 Å². The van der Waals surface area contributed by atoms with Crippen LogP contribution in [0, 0.1) is 0 Å². The van der Waals surface area contributed by atoms with E-state index in [0.717, 1.165) is 34.1 Å². The first-order valence-corrected chi connectivity index (χ1v) is 37.4. The maximum atomic E-state index is 2.34. The minimum absolute atomic E-state index is 0.392. The van der Waals surface area contributed by atoms with Crippen molar-refractivity contribution in [2.45, 2.75) is 10.8 Å². The van der Waals surface area contributed by atoms with Crippen LogP contribution in [0.3, 0.4) is 0 Å². The van der Waals surface area contributed by atoms with Crippen molar-refractivity contribution in [1.29, 1.82) is 0 Å². The average Bonchev–Trinajstić information content (AvgIpc) is 1.55. The molecule has 0 N–H and O–H groups in total. The molecule has 0 aromatic heterocycles. The third-order valence-electron chi connectivity index (χ3n) is 22.3. The van der Waals surface area contributed by atoms with Crippen LogP contribution in [0.5, 0.6) is 0 Å². The fourth-order valence-corrected chi connectivity index (χ4v) is 17.3. The fraction of sp³-hybridized carbons (Fsp3) is 0.0189. The molecule has 0 atom stereocenters. The number of rotatable bonds is 14. The van der Waals surface area contributed by atoms with Gasteiger partial charge in [-0.25, -0.2) is 0 Å². The molecular formula is C106H74N2. The maximum absolute atomic E-state index is 2.34. The summed E-state index contributed by atoms with van der Waals surface area (Å²) in [6.07, 6.45) is 0. The predicted molar refractivity (Wildman–Crippen MR) is 454 cm³/mol. The van der Waals surface area contributed by atoms with Crippen molar-refractivity contribution in [2.24, 2.45) is 0 Å². The van der Waals surface area contributed by atoms with Crippen LogP contribution in [0.2, 0.25) is 0 Å². The summed E-state index contributed by atoms with van der Waals surface area (Å²) in [5.74, 6) is 0. The second kappa shape index (κ2) is 27.9. The van der Waals surface area contributed by atoms with Crippen LogP contribution in [0.25, 0.3) is 88.3 Å². The molecule has 0 aliphatic heterocycles. The van der Waals surface area contributed by atoms with Gasteiger partial charge in [-0.05, 0) is 212 Å². The number of benzene rings is 18. The molecule has 0 radical (unpaired) electrons. The van der Waals surface area contributed by atoms with Gasteiger partial charge in [-0.2, -0.15) is 0 Å². The van der Waals surface area contributed by atoms with Crippen LogP contribution >= 0.6 is 0 Å². The summed E-state index contributed by atoms with van der Waals surface area (Å²) in [5, 5.41) is 5.03. The lowest BCUT2D eigenvalue weighted by Gasteiger charge is -2.34. The molecule has 2 aliphatic rings. The standard InChI is InChI=1S/2C53H37N/c1-3-16-42(17-4-1)53(51-24-11-9-21-49(51)50-22-10-12-25-52(50)53)43-32-26-38(27-33-43)39-28-34-45(35-29-39)54(44-18-5-2-6-19-44)46-36-30-41(31-37-46)48-23-13-15-40-14-7-8-20-47(40)48;1-3-15-44(16-4-1)53(51-21-11-9-19-49(51)50-20-10-12-22-52(50)53)45-31-25-39(26-32-45)40-27-33-47(34-28-40)54(46-17-5-2-6-18-46)48-35-29-41(30-36-48)43-24-23-38-13-7-8-14-42(38)37-43/h2*1-37H. The van der Waals surface area contributed by atoms with Crippen LogP contribution < -0.4 is 9.80 Å². The van der Waals surface area contributed by atoms with Crippen LogP contribution in [-0.4, -0.2) is 0 Å². The van der Waals surface area contributed by atoms with E-state index in [1.54, 1.807) is 0 Å². The Labute approximate surface area is 632 Å². The van der Waals surface area contributed by atoms with Gasteiger partial charge in [0.2, 0.25) is 0 Å². The minimum atomic E-state index is -0.393. The number of hydrogen-bond acceptors (Lipinski definition) is 2. The first-order valence-electron chi connectivity index (χ1n) is 37.4. The number of hydrogen-bond donors (Lipinski definition) is 0. The molecule has 0 fully saturated rings. The van der Waals surface area contributed by atoms with Crippen LogP contribution in [0.1, 0.15) is 44.5 Å². The number of anilines is 6. The highest BCUT2D eigenvalue weighted by molar-refractivity contribution is 5.98. The Morgan fingerprint density at radius 1 is 0.148 bits per heavy atom. The summed E-state index contributed by atoms with van der Waals surface area (Å²) in [4.78, 5) is 4.66. The second-order valence-electron chi connectivity index (χ2n) is 28.2. The summed E-state index contributed by atoms with van der Waals surface area (Å²) in [6.45, 7) is 0. The zero-order valence-corrected chi connectivity index (χ0v) is 59.6. The van der Waals surface area contributed by atoms with Crippen molar-refractivity contribution in [2.75, 3.05) is 9.80 Å². The summed E-state index contributed by atoms with van der Waals surface area (Å²) in [7, 11) is 0. The Hall–Kier alpha value is -13.9. The Morgan fingerprint density at radius 2 is 0.407 bits per heavy atom. The van der Waals surface area contributed by atoms with Crippen molar-refractivity contribution in [3.63, 3.8) is 0 Å². The van der Waals surface area contributed by atoms with Gasteiger partial charge in [0, 0.05) is 34.1 Å². The Bertz CT molecular complexity index is 6130. The smallest absolute Gasteiger partial charge is 0.0713 e. The van der Waals surface area contributed by atoms with E-state index in [1.807, 2.05) is 0 Å². The van der Waals surface area contributed by atoms with Gasteiger partial charge in [0.15, 0.2) is 0 Å². The normalized spacial score (nSPS) is 12.6. The molecule has 20 rings (SSSR count). The van der Waals surface area contributed by atoms with Crippen molar-refractivity contribution >= 4 is 55.7 Å². The van der Waals surface area contributed by atoms with E-state index < -0.39 is 10.8 Å². The number of para-hydroxylation sites is 2. The lowest BCUT2D eigenvalue weighted by atomic mass is 9.67. The molecule has 18 aromatic carbocycles. The predicted octanol–water partition coefficient (Wildman–Crippen LogP) is 28.0. The largest absolute Gasteiger partial charge is 0.311 e. The van der Waals surface area contributed by atoms with E-state index in [9.17, 15) is 0 Å². The average molecular weight is 1380 g/mol. The molecule has 0 unspecified atom stereocenters. The summed E-state index contributed by atoms with van der Waals surface area (Å²) in [5.41, 5.74) is 31.2.